The van der Waals surface area contributed by atoms with Gasteiger partial charge < -0.3 is 4.98 Å². The molecule has 0 atom stereocenters. The number of H-pyrrole nitrogens is 1. The highest BCUT2D eigenvalue weighted by atomic mass is 16.1. The second-order valence-electron chi connectivity index (χ2n) is 4.26. The van der Waals surface area contributed by atoms with Crippen LogP contribution >= 0.6 is 0 Å². The summed E-state index contributed by atoms with van der Waals surface area (Å²) >= 11 is 0. The summed E-state index contributed by atoms with van der Waals surface area (Å²) in [5, 5.41) is 0.675. The van der Waals surface area contributed by atoms with Crippen LogP contribution in [0.2, 0.25) is 0 Å². The van der Waals surface area contributed by atoms with E-state index in [1.807, 2.05) is 30.3 Å². The highest BCUT2D eigenvalue weighted by Crippen LogP contribution is 2.24. The number of hydrogen-bond donors (Lipinski definition) is 1. The molecule has 90 valence electrons. The maximum Gasteiger partial charge on any atom is 0.189 e. The van der Waals surface area contributed by atoms with Crippen molar-refractivity contribution in [2.75, 3.05) is 0 Å². The number of rotatable bonds is 1. The zero-order valence-corrected chi connectivity index (χ0v) is 10.1. The highest BCUT2D eigenvalue weighted by molar-refractivity contribution is 5.84. The van der Waals surface area contributed by atoms with Gasteiger partial charge in [-0.2, -0.15) is 0 Å². The molecule has 0 fully saturated rings. The Morgan fingerprint density at radius 3 is 2.42 bits per heavy atom. The molecule has 0 bridgehead atoms. The van der Waals surface area contributed by atoms with Gasteiger partial charge in [-0.05, 0) is 23.3 Å². The SMILES string of the molecule is [C-]#[N+]c1ccc(-c2ccc3[nH]ccc(=O)c3c2)cc1. The lowest BCUT2D eigenvalue weighted by molar-refractivity contribution is 1.39. The standard InChI is InChI=1S/C16H10N2O/c1-17-13-5-2-11(3-6-13)12-4-7-15-14(10-12)16(19)8-9-18-15/h2-10H,(H,18,19). The second-order valence-corrected chi connectivity index (χ2v) is 4.26. The predicted octanol–water partition coefficient (Wildman–Crippen LogP) is 3.75. The first-order chi connectivity index (χ1) is 9.28. The molecular weight excluding hydrogens is 236 g/mol. The molecule has 0 spiro atoms. The molecule has 3 nitrogen and oxygen atoms in total. The van der Waals surface area contributed by atoms with Crippen LogP contribution in [0.5, 0.6) is 0 Å². The van der Waals surface area contributed by atoms with Crippen molar-refractivity contribution in [2.45, 2.75) is 0 Å². The quantitative estimate of drug-likeness (QED) is 0.652. The summed E-state index contributed by atoms with van der Waals surface area (Å²) in [6, 6.07) is 14.6. The van der Waals surface area contributed by atoms with Crippen LogP contribution in [0.3, 0.4) is 0 Å². The summed E-state index contributed by atoms with van der Waals surface area (Å²) in [5.41, 5.74) is 3.42. The molecule has 19 heavy (non-hydrogen) atoms. The van der Waals surface area contributed by atoms with E-state index in [1.54, 1.807) is 18.3 Å². The first-order valence-corrected chi connectivity index (χ1v) is 5.87. The van der Waals surface area contributed by atoms with Crippen molar-refractivity contribution >= 4 is 16.6 Å². The van der Waals surface area contributed by atoms with Gasteiger partial charge in [0.15, 0.2) is 11.1 Å². The third-order valence-electron chi connectivity index (χ3n) is 3.09. The Morgan fingerprint density at radius 2 is 1.68 bits per heavy atom. The summed E-state index contributed by atoms with van der Waals surface area (Å²) in [6.07, 6.45) is 1.65. The van der Waals surface area contributed by atoms with E-state index < -0.39 is 0 Å². The normalized spacial score (nSPS) is 10.3. The molecule has 1 heterocycles. The fourth-order valence-electron chi connectivity index (χ4n) is 2.08. The van der Waals surface area contributed by atoms with Gasteiger partial charge in [0.25, 0.3) is 0 Å². The van der Waals surface area contributed by atoms with Gasteiger partial charge in [-0.3, -0.25) is 4.79 Å². The Morgan fingerprint density at radius 1 is 0.947 bits per heavy atom. The summed E-state index contributed by atoms with van der Waals surface area (Å²) in [4.78, 5) is 18.2. The monoisotopic (exact) mass is 246 g/mol. The lowest BCUT2D eigenvalue weighted by atomic mass is 10.0. The zero-order chi connectivity index (χ0) is 13.2. The van der Waals surface area contributed by atoms with Crippen LogP contribution in [0, 0.1) is 6.57 Å². The maximum atomic E-state index is 11.8. The molecule has 3 aromatic rings. The van der Waals surface area contributed by atoms with E-state index in [4.69, 9.17) is 6.57 Å². The molecule has 0 aliphatic heterocycles. The van der Waals surface area contributed by atoms with Crippen molar-refractivity contribution < 1.29 is 0 Å². The number of aromatic amines is 1. The van der Waals surface area contributed by atoms with Gasteiger partial charge in [0.1, 0.15) is 0 Å². The molecule has 1 N–H and O–H groups in total. The van der Waals surface area contributed by atoms with Crippen LogP contribution in [0.4, 0.5) is 5.69 Å². The Labute approximate surface area is 110 Å². The van der Waals surface area contributed by atoms with Crippen molar-refractivity contribution in [3.05, 3.63) is 76.4 Å². The van der Waals surface area contributed by atoms with Gasteiger partial charge in [0.2, 0.25) is 0 Å². The van der Waals surface area contributed by atoms with Crippen molar-refractivity contribution in [3.8, 4) is 11.1 Å². The maximum absolute atomic E-state index is 11.8. The van der Waals surface area contributed by atoms with Crippen LogP contribution < -0.4 is 5.43 Å². The molecule has 0 aliphatic rings. The third-order valence-corrected chi connectivity index (χ3v) is 3.09. The van der Waals surface area contributed by atoms with E-state index >= 15 is 0 Å². The van der Waals surface area contributed by atoms with Crippen LogP contribution in [0.1, 0.15) is 0 Å². The lowest BCUT2D eigenvalue weighted by Crippen LogP contribution is -1.99. The Hall–Kier alpha value is -2.86. The van der Waals surface area contributed by atoms with Crippen molar-refractivity contribution in [1.29, 1.82) is 0 Å². The molecular formula is C16H10N2O. The van der Waals surface area contributed by atoms with Gasteiger partial charge in [0, 0.05) is 23.2 Å². The van der Waals surface area contributed by atoms with Crippen molar-refractivity contribution in [3.63, 3.8) is 0 Å². The van der Waals surface area contributed by atoms with Gasteiger partial charge in [-0.25, -0.2) is 4.85 Å². The zero-order valence-electron chi connectivity index (χ0n) is 10.1. The second kappa shape index (κ2) is 4.43. The molecule has 0 saturated heterocycles. The van der Waals surface area contributed by atoms with E-state index in [-0.39, 0.29) is 5.43 Å². The van der Waals surface area contributed by atoms with Crippen molar-refractivity contribution in [1.82, 2.24) is 4.98 Å². The number of pyridine rings is 1. The van der Waals surface area contributed by atoms with Gasteiger partial charge >= 0.3 is 0 Å². The molecule has 0 saturated carbocycles. The summed E-state index contributed by atoms with van der Waals surface area (Å²) in [7, 11) is 0. The number of nitrogens with zero attached hydrogens (tertiary/aromatic N) is 1. The third kappa shape index (κ3) is 2.00. The van der Waals surface area contributed by atoms with E-state index in [9.17, 15) is 4.79 Å². The number of aromatic nitrogens is 1. The summed E-state index contributed by atoms with van der Waals surface area (Å²) in [5.74, 6) is 0. The molecule has 0 unspecified atom stereocenters. The van der Waals surface area contributed by atoms with Crippen LogP contribution in [0.25, 0.3) is 26.9 Å². The minimum Gasteiger partial charge on any atom is -0.361 e. The summed E-state index contributed by atoms with van der Waals surface area (Å²) < 4.78 is 0. The average molecular weight is 246 g/mol. The molecule has 0 radical (unpaired) electrons. The Kier molecular flexibility index (Phi) is 2.62. The summed E-state index contributed by atoms with van der Waals surface area (Å²) in [6.45, 7) is 6.93. The fourth-order valence-corrected chi connectivity index (χ4v) is 2.08. The molecule has 1 aromatic heterocycles. The first kappa shape index (κ1) is 11.2. The number of hydrogen-bond acceptors (Lipinski definition) is 1. The molecule has 0 aliphatic carbocycles. The van der Waals surface area contributed by atoms with E-state index in [0.717, 1.165) is 16.6 Å². The van der Waals surface area contributed by atoms with E-state index in [1.165, 1.54) is 6.07 Å². The molecule has 0 amide bonds. The molecule has 3 rings (SSSR count). The first-order valence-electron chi connectivity index (χ1n) is 5.87. The van der Waals surface area contributed by atoms with Gasteiger partial charge in [0.05, 0.1) is 6.57 Å². The van der Waals surface area contributed by atoms with Crippen molar-refractivity contribution in [2.24, 2.45) is 0 Å². The smallest absolute Gasteiger partial charge is 0.189 e. The Bertz CT molecular complexity index is 839. The number of benzene rings is 2. The molecule has 2 aromatic carbocycles. The van der Waals surface area contributed by atoms with Crippen LogP contribution in [-0.2, 0) is 0 Å². The largest absolute Gasteiger partial charge is 0.361 e. The highest BCUT2D eigenvalue weighted by Gasteiger charge is 2.02. The van der Waals surface area contributed by atoms with Crippen LogP contribution in [-0.4, -0.2) is 4.98 Å². The topological polar surface area (TPSA) is 37.2 Å². The number of nitrogens with one attached hydrogen (secondary N) is 1. The fraction of sp³-hybridized carbons (Fsp3) is 0. The van der Waals surface area contributed by atoms with Crippen LogP contribution in [0.15, 0.2) is 59.5 Å². The van der Waals surface area contributed by atoms with E-state index in [2.05, 4.69) is 9.83 Å². The van der Waals surface area contributed by atoms with Gasteiger partial charge in [-0.15, -0.1) is 0 Å². The molecule has 3 heteroatoms. The predicted molar refractivity (Wildman–Crippen MR) is 76.3 cm³/mol. The number of fused-ring (bicyclic) bond motifs is 1. The Balaban J connectivity index is 2.17. The average Bonchev–Trinajstić information content (AvgIpc) is 2.47. The minimum atomic E-state index is 0.00776. The van der Waals surface area contributed by atoms with E-state index in [0.29, 0.717) is 11.1 Å². The minimum absolute atomic E-state index is 0.00776. The van der Waals surface area contributed by atoms with Gasteiger partial charge in [-0.1, -0.05) is 30.3 Å². The lowest BCUT2D eigenvalue weighted by Gasteiger charge is -2.04.